The Balaban J connectivity index is 2.37. The maximum absolute atomic E-state index is 12.7. The van der Waals surface area contributed by atoms with Crippen molar-refractivity contribution in [2.45, 2.75) is 24.3 Å². The number of rotatable bonds is 6. The third-order valence-electron chi connectivity index (χ3n) is 3.87. The summed E-state index contributed by atoms with van der Waals surface area (Å²) in [5.74, 6) is -1.21. The Labute approximate surface area is 146 Å². The van der Waals surface area contributed by atoms with Crippen molar-refractivity contribution in [1.29, 1.82) is 0 Å². The van der Waals surface area contributed by atoms with Gasteiger partial charge in [0, 0.05) is 18.5 Å². The first-order valence-electron chi connectivity index (χ1n) is 7.24. The van der Waals surface area contributed by atoms with Gasteiger partial charge >= 0.3 is 5.97 Å². The van der Waals surface area contributed by atoms with E-state index in [0.29, 0.717) is 10.6 Å². The number of sulfonamides is 1. The molecule has 0 heterocycles. The molecule has 5 nitrogen and oxygen atoms in total. The highest BCUT2D eigenvalue weighted by Crippen LogP contribution is 2.22. The monoisotopic (exact) mass is 367 g/mol. The van der Waals surface area contributed by atoms with E-state index >= 15 is 0 Å². The minimum Gasteiger partial charge on any atom is -0.480 e. The first kappa shape index (κ1) is 18.4. The predicted octanol–water partition coefficient (Wildman–Crippen LogP) is 2.96. The summed E-state index contributed by atoms with van der Waals surface area (Å²) < 4.78 is 26.2. The summed E-state index contributed by atoms with van der Waals surface area (Å²) in [4.78, 5) is 11.7. The van der Waals surface area contributed by atoms with E-state index in [9.17, 15) is 18.3 Å². The Bertz CT molecular complexity index is 837. The fourth-order valence-corrected chi connectivity index (χ4v) is 3.89. The number of carboxylic acids is 1. The molecule has 0 aliphatic carbocycles. The number of aryl methyl sites for hydroxylation is 1. The van der Waals surface area contributed by atoms with Crippen molar-refractivity contribution in [3.63, 3.8) is 0 Å². The van der Waals surface area contributed by atoms with Crippen LogP contribution in [0.2, 0.25) is 5.02 Å². The van der Waals surface area contributed by atoms with Crippen LogP contribution in [0, 0.1) is 6.92 Å². The number of nitrogens with zero attached hydrogens (tertiary/aromatic N) is 1. The molecule has 128 valence electrons. The van der Waals surface area contributed by atoms with E-state index in [1.807, 2.05) is 6.92 Å². The summed E-state index contributed by atoms with van der Waals surface area (Å²) in [7, 11) is -2.63. The van der Waals surface area contributed by atoms with E-state index in [1.165, 1.54) is 19.2 Å². The molecule has 0 saturated heterocycles. The van der Waals surface area contributed by atoms with Gasteiger partial charge in [-0.2, -0.15) is 4.31 Å². The maximum atomic E-state index is 12.7. The minimum absolute atomic E-state index is 0.0320. The molecule has 0 aliphatic heterocycles. The van der Waals surface area contributed by atoms with Gasteiger partial charge in [-0.1, -0.05) is 35.9 Å². The number of benzene rings is 2. The Hall–Kier alpha value is -1.89. The lowest BCUT2D eigenvalue weighted by Crippen LogP contribution is -2.43. The van der Waals surface area contributed by atoms with Crippen LogP contribution < -0.4 is 0 Å². The summed E-state index contributed by atoms with van der Waals surface area (Å²) in [6.07, 6.45) is 0.0320. The lowest BCUT2D eigenvalue weighted by atomic mass is 10.0. The lowest BCUT2D eigenvalue weighted by molar-refractivity contribution is -0.141. The van der Waals surface area contributed by atoms with Crippen LogP contribution in [0.25, 0.3) is 0 Å². The zero-order valence-electron chi connectivity index (χ0n) is 13.3. The highest BCUT2D eigenvalue weighted by Gasteiger charge is 2.33. The van der Waals surface area contributed by atoms with Crippen molar-refractivity contribution in [3.05, 3.63) is 64.7 Å². The van der Waals surface area contributed by atoms with Gasteiger partial charge in [-0.25, -0.2) is 8.42 Å². The molecule has 0 bridgehead atoms. The summed E-state index contributed by atoms with van der Waals surface area (Å²) in [6, 6.07) is 11.7. The van der Waals surface area contributed by atoms with Gasteiger partial charge in [0.25, 0.3) is 0 Å². The molecule has 0 spiro atoms. The topological polar surface area (TPSA) is 74.7 Å². The third kappa shape index (κ3) is 3.95. The Morgan fingerprint density at radius 2 is 1.83 bits per heavy atom. The van der Waals surface area contributed by atoms with E-state index in [0.717, 1.165) is 9.87 Å². The molecule has 0 unspecified atom stereocenters. The molecule has 0 radical (unpaired) electrons. The first-order valence-corrected chi connectivity index (χ1v) is 9.06. The van der Waals surface area contributed by atoms with E-state index in [1.54, 1.807) is 36.4 Å². The minimum atomic E-state index is -3.91. The van der Waals surface area contributed by atoms with E-state index in [4.69, 9.17) is 11.6 Å². The van der Waals surface area contributed by atoms with Gasteiger partial charge in [0.15, 0.2) is 0 Å². The zero-order chi connectivity index (χ0) is 17.9. The van der Waals surface area contributed by atoms with Crippen molar-refractivity contribution < 1.29 is 18.3 Å². The van der Waals surface area contributed by atoms with Crippen LogP contribution in [0.15, 0.2) is 53.4 Å². The smallest absolute Gasteiger partial charge is 0.322 e. The molecule has 2 aromatic rings. The second-order valence-corrected chi connectivity index (χ2v) is 7.90. The largest absolute Gasteiger partial charge is 0.480 e. The molecule has 0 saturated carbocycles. The van der Waals surface area contributed by atoms with Crippen molar-refractivity contribution in [1.82, 2.24) is 4.31 Å². The normalized spacial score (nSPS) is 13.0. The van der Waals surface area contributed by atoms with E-state index in [2.05, 4.69) is 0 Å². The van der Waals surface area contributed by atoms with Gasteiger partial charge in [0.05, 0.1) is 4.90 Å². The Morgan fingerprint density at radius 3 is 2.42 bits per heavy atom. The van der Waals surface area contributed by atoms with Crippen LogP contribution in [0.1, 0.15) is 11.1 Å². The van der Waals surface area contributed by atoms with Crippen LogP contribution in [0.4, 0.5) is 0 Å². The summed E-state index contributed by atoms with van der Waals surface area (Å²) in [6.45, 7) is 1.83. The molecule has 2 aromatic carbocycles. The Kier molecular flexibility index (Phi) is 5.64. The van der Waals surface area contributed by atoms with Crippen LogP contribution in [0.5, 0.6) is 0 Å². The number of aliphatic carboxylic acids is 1. The van der Waals surface area contributed by atoms with Crippen molar-refractivity contribution in [3.8, 4) is 0 Å². The van der Waals surface area contributed by atoms with E-state index < -0.39 is 22.0 Å². The number of likely N-dealkylation sites (N-methyl/N-ethyl adjacent to an activating group) is 1. The van der Waals surface area contributed by atoms with E-state index in [-0.39, 0.29) is 11.3 Å². The van der Waals surface area contributed by atoms with Crippen molar-refractivity contribution in [2.24, 2.45) is 0 Å². The average molecular weight is 368 g/mol. The number of carbonyl (C=O) groups is 1. The molecule has 24 heavy (non-hydrogen) atoms. The van der Waals surface area contributed by atoms with Crippen LogP contribution in [-0.2, 0) is 21.2 Å². The van der Waals surface area contributed by atoms with Crippen LogP contribution in [0.3, 0.4) is 0 Å². The average Bonchev–Trinajstić information content (AvgIpc) is 2.55. The molecular weight excluding hydrogens is 350 g/mol. The predicted molar refractivity (Wildman–Crippen MR) is 92.7 cm³/mol. The summed E-state index contributed by atoms with van der Waals surface area (Å²) >= 11 is 5.97. The molecule has 0 aliphatic rings. The molecule has 2 rings (SSSR count). The quantitative estimate of drug-likeness (QED) is 0.851. The van der Waals surface area contributed by atoms with Crippen molar-refractivity contribution >= 4 is 27.6 Å². The SMILES string of the molecule is Cc1ccc(Cl)cc1C[C@@H](C(=O)O)N(C)S(=O)(=O)c1ccccc1. The van der Waals surface area contributed by atoms with Gasteiger partial charge in [-0.3, -0.25) is 4.79 Å². The molecule has 1 atom stereocenters. The van der Waals surface area contributed by atoms with Gasteiger partial charge in [0.1, 0.15) is 6.04 Å². The fourth-order valence-electron chi connectivity index (χ4n) is 2.37. The number of halogens is 1. The third-order valence-corrected chi connectivity index (χ3v) is 5.98. The second-order valence-electron chi connectivity index (χ2n) is 5.46. The highest BCUT2D eigenvalue weighted by molar-refractivity contribution is 7.89. The maximum Gasteiger partial charge on any atom is 0.322 e. The first-order chi connectivity index (χ1) is 11.2. The number of carboxylic acid groups (broad SMARTS) is 1. The highest BCUT2D eigenvalue weighted by atomic mass is 35.5. The molecule has 7 heteroatoms. The summed E-state index contributed by atoms with van der Waals surface area (Å²) in [5, 5.41) is 10.0. The van der Waals surface area contributed by atoms with Gasteiger partial charge in [0.2, 0.25) is 10.0 Å². The van der Waals surface area contributed by atoms with Gasteiger partial charge in [-0.05, 0) is 42.3 Å². The molecular formula is C17H18ClNO4S. The summed E-state index contributed by atoms with van der Waals surface area (Å²) in [5.41, 5.74) is 1.56. The van der Waals surface area contributed by atoms with Gasteiger partial charge in [-0.15, -0.1) is 0 Å². The fraction of sp³-hybridized carbons (Fsp3) is 0.235. The molecule has 0 aromatic heterocycles. The molecule has 0 amide bonds. The van der Waals surface area contributed by atoms with Crippen LogP contribution in [-0.4, -0.2) is 36.9 Å². The lowest BCUT2D eigenvalue weighted by Gasteiger charge is -2.25. The number of hydrogen-bond acceptors (Lipinski definition) is 3. The van der Waals surface area contributed by atoms with Gasteiger partial charge < -0.3 is 5.11 Å². The molecule has 1 N–H and O–H groups in total. The second kappa shape index (κ2) is 7.34. The molecule has 0 fully saturated rings. The van der Waals surface area contributed by atoms with Crippen LogP contribution >= 0.6 is 11.6 Å². The van der Waals surface area contributed by atoms with Crippen molar-refractivity contribution in [2.75, 3.05) is 7.05 Å². The standard InChI is InChI=1S/C17H18ClNO4S/c1-12-8-9-14(18)10-13(12)11-16(17(20)21)19(2)24(22,23)15-6-4-3-5-7-15/h3-10,16H,11H2,1-2H3,(H,20,21)/t16-/m0/s1. The Morgan fingerprint density at radius 1 is 1.21 bits per heavy atom. The zero-order valence-corrected chi connectivity index (χ0v) is 14.9. The number of hydrogen-bond donors (Lipinski definition) is 1.